The van der Waals surface area contributed by atoms with Crippen molar-refractivity contribution in [2.45, 2.75) is 25.6 Å². The molecule has 1 N–H and O–H groups in total. The van der Waals surface area contributed by atoms with E-state index in [1.165, 1.54) is 22.0 Å². The van der Waals surface area contributed by atoms with Gasteiger partial charge in [-0.3, -0.25) is 14.4 Å². The summed E-state index contributed by atoms with van der Waals surface area (Å²) < 4.78 is 2.01. The number of hydrogen-bond donors (Lipinski definition) is 1. The lowest BCUT2D eigenvalue weighted by Crippen LogP contribution is -2.39. The van der Waals surface area contributed by atoms with E-state index in [1.54, 1.807) is 7.05 Å². The number of carbonyl (C=O) groups excluding carboxylic acids is 1. The summed E-state index contributed by atoms with van der Waals surface area (Å²) in [6, 6.07) is 17.1. The van der Waals surface area contributed by atoms with Crippen molar-refractivity contribution in [2.75, 3.05) is 13.6 Å². The highest BCUT2D eigenvalue weighted by atomic mass is 16.1. The van der Waals surface area contributed by atoms with Crippen LogP contribution in [0.25, 0.3) is 10.8 Å². The summed E-state index contributed by atoms with van der Waals surface area (Å²) in [5, 5.41) is 9.72. The zero-order valence-electron chi connectivity index (χ0n) is 14.4. The third-order valence-electron chi connectivity index (χ3n) is 4.93. The molecule has 1 aliphatic heterocycles. The van der Waals surface area contributed by atoms with Gasteiger partial charge in [0.25, 0.3) is 0 Å². The molecule has 1 atom stereocenters. The summed E-state index contributed by atoms with van der Waals surface area (Å²) in [5.41, 5.74) is 2.49. The first-order valence-corrected chi connectivity index (χ1v) is 8.66. The van der Waals surface area contributed by atoms with Gasteiger partial charge in [-0.15, -0.1) is 0 Å². The third-order valence-corrected chi connectivity index (χ3v) is 4.93. The smallest absolute Gasteiger partial charge is 0.221 e. The number of amides is 1. The Kier molecular flexibility index (Phi) is 4.24. The molecule has 3 aromatic rings. The highest BCUT2D eigenvalue weighted by Gasteiger charge is 2.27. The van der Waals surface area contributed by atoms with E-state index in [2.05, 4.69) is 57.8 Å². The van der Waals surface area contributed by atoms with E-state index in [9.17, 15) is 4.79 Å². The molecule has 5 nitrogen and oxygen atoms in total. The largest absolute Gasteiger partial charge is 0.359 e. The average Bonchev–Trinajstić information content (AvgIpc) is 3.11. The van der Waals surface area contributed by atoms with E-state index in [0.717, 1.165) is 19.6 Å². The van der Waals surface area contributed by atoms with Gasteiger partial charge in [-0.1, -0.05) is 42.5 Å². The van der Waals surface area contributed by atoms with Gasteiger partial charge in [-0.25, -0.2) is 0 Å². The summed E-state index contributed by atoms with van der Waals surface area (Å²) in [6.07, 6.45) is 2.28. The van der Waals surface area contributed by atoms with Crippen LogP contribution in [0.1, 0.15) is 23.7 Å². The van der Waals surface area contributed by atoms with Crippen molar-refractivity contribution in [1.82, 2.24) is 20.0 Å². The zero-order valence-corrected chi connectivity index (χ0v) is 14.4. The van der Waals surface area contributed by atoms with Crippen LogP contribution in [-0.4, -0.2) is 34.2 Å². The van der Waals surface area contributed by atoms with Crippen molar-refractivity contribution in [1.29, 1.82) is 0 Å². The highest BCUT2D eigenvalue weighted by molar-refractivity contribution is 5.85. The van der Waals surface area contributed by atoms with Gasteiger partial charge >= 0.3 is 0 Å². The molecule has 128 valence electrons. The standard InChI is InChI=1S/C20H22N4O/c1-21-20(25)11-18-14-23(13-17-9-10-22-24(17)18)12-16-7-4-6-15-5-2-3-8-19(15)16/h2-10,18H,11-14H2,1H3,(H,21,25)/t18-/m1/s1. The number of fused-ring (bicyclic) bond motifs is 2. The second-order valence-corrected chi connectivity index (χ2v) is 6.61. The Morgan fingerprint density at radius 2 is 2.04 bits per heavy atom. The minimum absolute atomic E-state index is 0.0541. The van der Waals surface area contributed by atoms with Crippen LogP contribution in [0, 0.1) is 0 Å². The first-order valence-electron chi connectivity index (χ1n) is 8.66. The van der Waals surface area contributed by atoms with Crippen molar-refractivity contribution in [3.8, 4) is 0 Å². The molecule has 0 radical (unpaired) electrons. The van der Waals surface area contributed by atoms with Crippen molar-refractivity contribution >= 4 is 16.7 Å². The first-order chi connectivity index (χ1) is 12.2. The van der Waals surface area contributed by atoms with Crippen LogP contribution < -0.4 is 5.32 Å². The molecule has 2 heterocycles. The predicted octanol–water partition coefficient (Wildman–Crippen LogP) is 2.73. The van der Waals surface area contributed by atoms with E-state index in [0.29, 0.717) is 6.42 Å². The lowest BCUT2D eigenvalue weighted by Gasteiger charge is -2.33. The summed E-state index contributed by atoms with van der Waals surface area (Å²) in [4.78, 5) is 14.3. The number of aromatic nitrogens is 2. The number of hydrogen-bond acceptors (Lipinski definition) is 3. The Labute approximate surface area is 147 Å². The average molecular weight is 334 g/mol. The number of nitrogens with zero attached hydrogens (tertiary/aromatic N) is 3. The van der Waals surface area contributed by atoms with Crippen LogP contribution >= 0.6 is 0 Å². The van der Waals surface area contributed by atoms with Gasteiger partial charge in [0.05, 0.1) is 18.2 Å². The molecule has 0 saturated carbocycles. The minimum Gasteiger partial charge on any atom is -0.359 e. The molecule has 0 aliphatic carbocycles. The maximum atomic E-state index is 11.9. The molecular weight excluding hydrogens is 312 g/mol. The lowest BCUT2D eigenvalue weighted by atomic mass is 10.0. The van der Waals surface area contributed by atoms with Crippen LogP contribution in [0.3, 0.4) is 0 Å². The van der Waals surface area contributed by atoms with Gasteiger partial charge in [0.15, 0.2) is 0 Å². The van der Waals surface area contributed by atoms with Crippen molar-refractivity contribution in [3.05, 3.63) is 66.0 Å². The van der Waals surface area contributed by atoms with Crippen LogP contribution in [0.4, 0.5) is 0 Å². The lowest BCUT2D eigenvalue weighted by molar-refractivity contribution is -0.121. The van der Waals surface area contributed by atoms with Crippen molar-refractivity contribution < 1.29 is 4.79 Å². The van der Waals surface area contributed by atoms with E-state index in [4.69, 9.17) is 0 Å². The van der Waals surface area contributed by atoms with Crippen LogP contribution in [0.15, 0.2) is 54.7 Å². The summed E-state index contributed by atoms with van der Waals surface area (Å²) in [5.74, 6) is 0.0541. The van der Waals surface area contributed by atoms with Gasteiger partial charge in [-0.2, -0.15) is 5.10 Å². The molecule has 1 amide bonds. The summed E-state index contributed by atoms with van der Waals surface area (Å²) in [6.45, 7) is 2.55. The van der Waals surface area contributed by atoms with Gasteiger partial charge in [0.1, 0.15) is 0 Å². The van der Waals surface area contributed by atoms with Gasteiger partial charge in [0, 0.05) is 32.9 Å². The maximum absolute atomic E-state index is 11.9. The SMILES string of the molecule is CNC(=O)C[C@@H]1CN(Cc2cccc3ccccc23)Cc2ccnn21. The van der Waals surface area contributed by atoms with Crippen molar-refractivity contribution in [2.24, 2.45) is 0 Å². The van der Waals surface area contributed by atoms with Crippen LogP contribution in [-0.2, 0) is 17.9 Å². The third kappa shape index (κ3) is 3.15. The number of carbonyl (C=O) groups is 1. The van der Waals surface area contributed by atoms with E-state index < -0.39 is 0 Å². The molecule has 5 heteroatoms. The number of nitrogens with one attached hydrogen (secondary N) is 1. The normalized spacial score (nSPS) is 17.4. The Balaban J connectivity index is 1.60. The molecule has 0 spiro atoms. The molecule has 0 bridgehead atoms. The van der Waals surface area contributed by atoms with E-state index >= 15 is 0 Å². The fraction of sp³-hybridized carbons (Fsp3) is 0.300. The number of rotatable bonds is 4. The topological polar surface area (TPSA) is 50.2 Å². The van der Waals surface area contributed by atoms with E-state index in [-0.39, 0.29) is 11.9 Å². The molecular formula is C20H22N4O. The number of benzene rings is 2. The summed E-state index contributed by atoms with van der Waals surface area (Å²) >= 11 is 0. The molecule has 1 aromatic heterocycles. The minimum atomic E-state index is 0.0541. The first kappa shape index (κ1) is 15.8. The molecule has 25 heavy (non-hydrogen) atoms. The molecule has 0 unspecified atom stereocenters. The van der Waals surface area contributed by atoms with Gasteiger partial charge in [0.2, 0.25) is 5.91 Å². The van der Waals surface area contributed by atoms with Gasteiger partial charge < -0.3 is 5.32 Å². The van der Waals surface area contributed by atoms with Gasteiger partial charge in [-0.05, 0) is 22.4 Å². The molecule has 2 aromatic carbocycles. The molecule has 0 fully saturated rings. The predicted molar refractivity (Wildman–Crippen MR) is 98.0 cm³/mol. The quantitative estimate of drug-likeness (QED) is 0.798. The Morgan fingerprint density at radius 3 is 2.92 bits per heavy atom. The zero-order chi connectivity index (χ0) is 17.2. The van der Waals surface area contributed by atoms with Crippen LogP contribution in [0.5, 0.6) is 0 Å². The second kappa shape index (κ2) is 6.69. The second-order valence-electron chi connectivity index (χ2n) is 6.61. The molecule has 0 saturated heterocycles. The molecule has 1 aliphatic rings. The van der Waals surface area contributed by atoms with E-state index in [1.807, 2.05) is 16.9 Å². The monoisotopic (exact) mass is 334 g/mol. The Bertz CT molecular complexity index is 896. The summed E-state index contributed by atoms with van der Waals surface area (Å²) in [7, 11) is 1.68. The van der Waals surface area contributed by atoms with Crippen molar-refractivity contribution in [3.63, 3.8) is 0 Å². The maximum Gasteiger partial charge on any atom is 0.221 e. The highest BCUT2D eigenvalue weighted by Crippen LogP contribution is 2.26. The van der Waals surface area contributed by atoms with Crippen LogP contribution in [0.2, 0.25) is 0 Å². The fourth-order valence-electron chi connectivity index (χ4n) is 3.72. The Morgan fingerprint density at radius 1 is 1.20 bits per heavy atom. The fourth-order valence-corrected chi connectivity index (χ4v) is 3.72. The molecule has 4 rings (SSSR count). The Hall–Kier alpha value is -2.66.